The SMILES string of the molecule is CCCCCCCc1c(C)nc2cc(F)cc(F)c2c1OC(=O)C(C)(C)C. The van der Waals surface area contributed by atoms with E-state index >= 15 is 0 Å². The molecule has 0 radical (unpaired) electrons. The highest BCUT2D eigenvalue weighted by atomic mass is 19.1. The zero-order valence-corrected chi connectivity index (χ0v) is 16.9. The largest absolute Gasteiger partial charge is 0.425 e. The van der Waals surface area contributed by atoms with E-state index in [0.29, 0.717) is 12.1 Å². The second-order valence-corrected chi connectivity index (χ2v) is 8.09. The van der Waals surface area contributed by atoms with Crippen LogP contribution in [0.15, 0.2) is 12.1 Å². The lowest BCUT2D eigenvalue weighted by Crippen LogP contribution is -2.26. The maximum absolute atomic E-state index is 14.6. The summed E-state index contributed by atoms with van der Waals surface area (Å²) < 4.78 is 33.9. The van der Waals surface area contributed by atoms with Gasteiger partial charge in [0.15, 0.2) is 0 Å². The van der Waals surface area contributed by atoms with E-state index in [1.165, 1.54) is 12.5 Å². The van der Waals surface area contributed by atoms with Crippen molar-refractivity contribution in [2.24, 2.45) is 5.41 Å². The fraction of sp³-hybridized carbons (Fsp3) is 0.545. The zero-order chi connectivity index (χ0) is 20.2. The summed E-state index contributed by atoms with van der Waals surface area (Å²) in [5, 5.41) is 0.0724. The molecular weight excluding hydrogens is 348 g/mol. The number of hydrogen-bond acceptors (Lipinski definition) is 3. The van der Waals surface area contributed by atoms with Gasteiger partial charge in [0, 0.05) is 23.4 Å². The number of aromatic nitrogens is 1. The summed E-state index contributed by atoms with van der Waals surface area (Å²) in [6, 6.07) is 1.98. The highest BCUT2D eigenvalue weighted by molar-refractivity contribution is 5.91. The quantitative estimate of drug-likeness (QED) is 0.421. The summed E-state index contributed by atoms with van der Waals surface area (Å²) in [5.74, 6) is -1.73. The standard InChI is InChI=1S/C22H29F2NO2/c1-6-7-8-9-10-11-16-14(2)25-18-13-15(23)12-17(24)19(18)20(16)27-21(26)22(3,4)5/h12-13H,6-11H2,1-5H3. The average molecular weight is 377 g/mol. The summed E-state index contributed by atoms with van der Waals surface area (Å²) in [6.45, 7) is 9.17. The van der Waals surface area contributed by atoms with Crippen molar-refractivity contribution in [3.05, 3.63) is 35.0 Å². The molecule has 0 bridgehead atoms. The Labute approximate surface area is 160 Å². The monoisotopic (exact) mass is 377 g/mol. The number of nitrogens with zero attached hydrogens (tertiary/aromatic N) is 1. The number of carbonyl (C=O) groups excluding carboxylic acids is 1. The molecule has 1 aromatic carbocycles. The Morgan fingerprint density at radius 1 is 1.11 bits per heavy atom. The van der Waals surface area contributed by atoms with Crippen molar-refractivity contribution in [3.8, 4) is 5.75 Å². The number of esters is 1. The molecule has 1 aromatic heterocycles. The molecule has 0 unspecified atom stereocenters. The second kappa shape index (κ2) is 8.77. The lowest BCUT2D eigenvalue weighted by Gasteiger charge is -2.20. The van der Waals surface area contributed by atoms with Gasteiger partial charge >= 0.3 is 5.97 Å². The van der Waals surface area contributed by atoms with Gasteiger partial charge in [-0.15, -0.1) is 0 Å². The molecule has 0 N–H and O–H groups in total. The number of carbonyl (C=O) groups is 1. The molecule has 0 aliphatic heterocycles. The first kappa shape index (κ1) is 21.3. The lowest BCUT2D eigenvalue weighted by atomic mass is 9.96. The van der Waals surface area contributed by atoms with Crippen molar-refractivity contribution in [2.45, 2.75) is 73.1 Å². The molecule has 0 amide bonds. The predicted molar refractivity (Wildman–Crippen MR) is 104 cm³/mol. The molecule has 0 saturated heterocycles. The smallest absolute Gasteiger partial charge is 0.316 e. The van der Waals surface area contributed by atoms with Crippen LogP contribution in [0, 0.1) is 24.0 Å². The first-order chi connectivity index (χ1) is 12.6. The molecule has 0 atom stereocenters. The van der Waals surface area contributed by atoms with E-state index in [1.807, 2.05) is 0 Å². The number of rotatable bonds is 7. The minimum atomic E-state index is -0.763. The minimum absolute atomic E-state index is 0.0724. The number of pyridine rings is 1. The van der Waals surface area contributed by atoms with Gasteiger partial charge in [0.1, 0.15) is 17.4 Å². The second-order valence-electron chi connectivity index (χ2n) is 8.09. The van der Waals surface area contributed by atoms with Gasteiger partial charge in [-0.3, -0.25) is 9.78 Å². The number of hydrogen-bond donors (Lipinski definition) is 0. The first-order valence-corrected chi connectivity index (χ1v) is 9.65. The minimum Gasteiger partial charge on any atom is -0.425 e. The summed E-state index contributed by atoms with van der Waals surface area (Å²) in [4.78, 5) is 16.9. The fourth-order valence-electron chi connectivity index (χ4n) is 2.99. The summed E-state index contributed by atoms with van der Waals surface area (Å²) >= 11 is 0. The Hall–Kier alpha value is -2.04. The molecule has 0 aliphatic rings. The Kier molecular flexibility index (Phi) is 6.90. The summed E-state index contributed by atoms with van der Waals surface area (Å²) in [7, 11) is 0. The highest BCUT2D eigenvalue weighted by Crippen LogP contribution is 2.36. The molecule has 0 saturated carbocycles. The van der Waals surface area contributed by atoms with Crippen molar-refractivity contribution in [2.75, 3.05) is 0 Å². The first-order valence-electron chi connectivity index (χ1n) is 9.65. The molecule has 0 spiro atoms. The zero-order valence-electron chi connectivity index (χ0n) is 16.9. The number of unbranched alkanes of at least 4 members (excludes halogenated alkanes) is 4. The Bertz CT molecular complexity index is 825. The highest BCUT2D eigenvalue weighted by Gasteiger charge is 2.27. The van der Waals surface area contributed by atoms with Crippen molar-refractivity contribution >= 4 is 16.9 Å². The molecule has 0 aliphatic carbocycles. The van der Waals surface area contributed by atoms with Crippen LogP contribution >= 0.6 is 0 Å². The third kappa shape index (κ3) is 5.24. The third-order valence-corrected chi connectivity index (χ3v) is 4.60. The Morgan fingerprint density at radius 2 is 1.78 bits per heavy atom. The molecule has 2 rings (SSSR count). The van der Waals surface area contributed by atoms with Gasteiger partial charge in [-0.2, -0.15) is 0 Å². The molecular formula is C22H29F2NO2. The van der Waals surface area contributed by atoms with Gasteiger partial charge < -0.3 is 4.74 Å². The van der Waals surface area contributed by atoms with Crippen molar-refractivity contribution in [3.63, 3.8) is 0 Å². The van der Waals surface area contributed by atoms with Crippen LogP contribution < -0.4 is 4.74 Å². The topological polar surface area (TPSA) is 39.2 Å². The number of halogens is 2. The average Bonchev–Trinajstić information content (AvgIpc) is 2.55. The molecule has 5 heteroatoms. The van der Waals surface area contributed by atoms with Crippen LogP contribution in [-0.2, 0) is 11.2 Å². The molecule has 1 heterocycles. The van der Waals surface area contributed by atoms with E-state index in [1.54, 1.807) is 27.7 Å². The van der Waals surface area contributed by atoms with Crippen molar-refractivity contribution in [1.29, 1.82) is 0 Å². The Morgan fingerprint density at radius 3 is 2.41 bits per heavy atom. The van der Waals surface area contributed by atoms with E-state index in [0.717, 1.165) is 37.3 Å². The van der Waals surface area contributed by atoms with Crippen LogP contribution in [0.3, 0.4) is 0 Å². The fourth-order valence-corrected chi connectivity index (χ4v) is 2.99. The van der Waals surface area contributed by atoms with E-state index < -0.39 is 23.0 Å². The van der Waals surface area contributed by atoms with Gasteiger partial charge in [0.2, 0.25) is 0 Å². The number of benzene rings is 1. The maximum Gasteiger partial charge on any atom is 0.316 e. The molecule has 2 aromatic rings. The molecule has 0 fully saturated rings. The lowest BCUT2D eigenvalue weighted by molar-refractivity contribution is -0.142. The van der Waals surface area contributed by atoms with Crippen LogP contribution in [0.2, 0.25) is 0 Å². The molecule has 27 heavy (non-hydrogen) atoms. The number of aryl methyl sites for hydroxylation is 1. The van der Waals surface area contributed by atoms with E-state index in [-0.39, 0.29) is 16.7 Å². The van der Waals surface area contributed by atoms with Crippen molar-refractivity contribution in [1.82, 2.24) is 4.98 Å². The van der Waals surface area contributed by atoms with Gasteiger partial charge in [0.25, 0.3) is 0 Å². The number of ether oxygens (including phenoxy) is 1. The number of fused-ring (bicyclic) bond motifs is 1. The third-order valence-electron chi connectivity index (χ3n) is 4.60. The maximum atomic E-state index is 14.6. The van der Waals surface area contributed by atoms with E-state index in [2.05, 4.69) is 11.9 Å². The summed E-state index contributed by atoms with van der Waals surface area (Å²) in [5.41, 5.74) is 0.788. The van der Waals surface area contributed by atoms with Gasteiger partial charge in [-0.05, 0) is 40.5 Å². The van der Waals surface area contributed by atoms with Gasteiger partial charge in [0.05, 0.1) is 16.3 Å². The van der Waals surface area contributed by atoms with Crippen LogP contribution in [0.1, 0.15) is 71.1 Å². The molecule has 148 valence electrons. The van der Waals surface area contributed by atoms with Gasteiger partial charge in [-0.25, -0.2) is 8.78 Å². The predicted octanol–water partition coefficient (Wildman–Crippen LogP) is 6.29. The van der Waals surface area contributed by atoms with E-state index in [9.17, 15) is 13.6 Å². The van der Waals surface area contributed by atoms with Crippen LogP contribution in [0.5, 0.6) is 5.75 Å². The Balaban J connectivity index is 2.50. The summed E-state index contributed by atoms with van der Waals surface area (Å²) in [6.07, 6.45) is 6.05. The van der Waals surface area contributed by atoms with Crippen LogP contribution in [-0.4, -0.2) is 11.0 Å². The van der Waals surface area contributed by atoms with Gasteiger partial charge in [-0.1, -0.05) is 32.6 Å². The molecule has 3 nitrogen and oxygen atoms in total. The van der Waals surface area contributed by atoms with Crippen molar-refractivity contribution < 1.29 is 18.3 Å². The van der Waals surface area contributed by atoms with Crippen LogP contribution in [0.4, 0.5) is 8.78 Å². The normalized spacial score (nSPS) is 11.8. The van der Waals surface area contributed by atoms with E-state index in [4.69, 9.17) is 4.74 Å². The van der Waals surface area contributed by atoms with Crippen LogP contribution in [0.25, 0.3) is 10.9 Å².